The fourth-order valence-electron chi connectivity index (χ4n) is 2.86. The summed E-state index contributed by atoms with van der Waals surface area (Å²) in [6.07, 6.45) is 1.57. The third-order valence-electron chi connectivity index (χ3n) is 4.11. The number of pyridine rings is 1. The van der Waals surface area contributed by atoms with Crippen molar-refractivity contribution in [3.63, 3.8) is 0 Å². The van der Waals surface area contributed by atoms with Gasteiger partial charge >= 0.3 is 5.69 Å². The summed E-state index contributed by atoms with van der Waals surface area (Å²) in [7, 11) is 0. The van der Waals surface area contributed by atoms with Crippen LogP contribution < -0.4 is 11.0 Å². The van der Waals surface area contributed by atoms with E-state index < -0.39 is 5.69 Å². The van der Waals surface area contributed by atoms with Crippen LogP contribution in [0.3, 0.4) is 0 Å². The smallest absolute Gasteiger partial charge is 0.350 e. The Hall–Kier alpha value is -3.46. The number of carbonyl (C=O) groups excluding carboxylic acids is 1. The summed E-state index contributed by atoms with van der Waals surface area (Å²) in [6.45, 7) is 3.50. The summed E-state index contributed by atoms with van der Waals surface area (Å²) in [4.78, 5) is 29.0. The fraction of sp³-hybridized carbons (Fsp3) is 0.211. The number of amides is 1. The average Bonchev–Trinajstić information content (AvgIpc) is 3.28. The van der Waals surface area contributed by atoms with E-state index in [4.69, 9.17) is 16.1 Å². The Bertz CT molecular complexity index is 1240. The predicted octanol–water partition coefficient (Wildman–Crippen LogP) is 2.39. The molecule has 0 saturated carbocycles. The largest absolute Gasteiger partial charge is 0.352 e. The normalized spacial score (nSPS) is 11.3. The summed E-state index contributed by atoms with van der Waals surface area (Å²) < 4.78 is 7.83. The Morgan fingerprint density at radius 3 is 2.72 bits per heavy atom. The van der Waals surface area contributed by atoms with E-state index in [-0.39, 0.29) is 24.4 Å². The molecule has 9 nitrogen and oxygen atoms in total. The van der Waals surface area contributed by atoms with Gasteiger partial charge in [-0.25, -0.2) is 13.9 Å². The molecular weight excluding hydrogens is 396 g/mol. The molecule has 0 atom stereocenters. The molecule has 3 heterocycles. The summed E-state index contributed by atoms with van der Waals surface area (Å²) in [5.74, 6) is 0.302. The van der Waals surface area contributed by atoms with Crippen molar-refractivity contribution in [1.29, 1.82) is 0 Å². The number of rotatable bonds is 5. The Labute approximate surface area is 169 Å². The predicted molar refractivity (Wildman–Crippen MR) is 106 cm³/mol. The average molecular weight is 413 g/mol. The Morgan fingerprint density at radius 2 is 2.00 bits per heavy atom. The quantitative estimate of drug-likeness (QED) is 0.539. The number of benzene rings is 1. The van der Waals surface area contributed by atoms with E-state index in [0.717, 1.165) is 10.2 Å². The van der Waals surface area contributed by atoms with Crippen LogP contribution in [0.4, 0.5) is 0 Å². The molecule has 1 N–H and O–H groups in total. The van der Waals surface area contributed by atoms with Crippen molar-refractivity contribution < 1.29 is 9.32 Å². The van der Waals surface area contributed by atoms with Crippen LogP contribution in [0.15, 0.2) is 51.9 Å². The van der Waals surface area contributed by atoms with Gasteiger partial charge in [-0.05, 0) is 50.2 Å². The maximum atomic E-state index is 12.6. The number of nitrogens with zero attached hydrogens (tertiary/aromatic N) is 5. The topological polar surface area (TPSA) is 107 Å². The van der Waals surface area contributed by atoms with Gasteiger partial charge in [-0.2, -0.15) is 4.98 Å². The van der Waals surface area contributed by atoms with Crippen LogP contribution in [0.5, 0.6) is 0 Å². The summed E-state index contributed by atoms with van der Waals surface area (Å²) in [6, 6.07) is 10.4. The molecular formula is C19H17ClN6O3. The number of hydrogen-bond donors (Lipinski definition) is 1. The van der Waals surface area contributed by atoms with E-state index in [1.165, 1.54) is 4.40 Å². The number of nitrogens with one attached hydrogen (secondary N) is 1. The Morgan fingerprint density at radius 1 is 1.24 bits per heavy atom. The van der Waals surface area contributed by atoms with E-state index in [1.54, 1.807) is 42.6 Å². The molecule has 148 valence electrons. The maximum absolute atomic E-state index is 12.6. The second-order valence-electron chi connectivity index (χ2n) is 6.71. The van der Waals surface area contributed by atoms with E-state index in [1.807, 2.05) is 13.8 Å². The lowest BCUT2D eigenvalue weighted by Gasteiger charge is -2.06. The molecule has 0 spiro atoms. The van der Waals surface area contributed by atoms with E-state index in [9.17, 15) is 9.59 Å². The van der Waals surface area contributed by atoms with Gasteiger partial charge in [0, 0.05) is 22.8 Å². The molecule has 4 aromatic rings. The SMILES string of the molecule is CC(C)NC(=O)Cn1nc2c(-c3nc(-c4ccc(Cl)cc4)no3)cccn2c1=O. The molecule has 1 aromatic carbocycles. The fourth-order valence-corrected chi connectivity index (χ4v) is 2.99. The molecule has 0 aliphatic carbocycles. The highest BCUT2D eigenvalue weighted by atomic mass is 35.5. The van der Waals surface area contributed by atoms with Gasteiger partial charge in [-0.1, -0.05) is 16.8 Å². The van der Waals surface area contributed by atoms with Gasteiger partial charge in [0.2, 0.25) is 11.7 Å². The first-order valence-electron chi connectivity index (χ1n) is 8.90. The van der Waals surface area contributed by atoms with Crippen LogP contribution in [0, 0.1) is 0 Å². The summed E-state index contributed by atoms with van der Waals surface area (Å²) in [5.41, 5.74) is 1.12. The molecule has 0 bridgehead atoms. The number of halogens is 1. The lowest BCUT2D eigenvalue weighted by molar-refractivity contribution is -0.122. The zero-order valence-corrected chi connectivity index (χ0v) is 16.4. The molecule has 0 unspecified atom stereocenters. The van der Waals surface area contributed by atoms with Crippen molar-refractivity contribution in [2.75, 3.05) is 0 Å². The van der Waals surface area contributed by atoms with Gasteiger partial charge in [-0.15, -0.1) is 5.10 Å². The molecule has 1 amide bonds. The van der Waals surface area contributed by atoms with Gasteiger partial charge < -0.3 is 9.84 Å². The van der Waals surface area contributed by atoms with Crippen molar-refractivity contribution in [1.82, 2.24) is 29.6 Å². The number of aromatic nitrogens is 5. The molecule has 0 radical (unpaired) electrons. The molecule has 10 heteroatoms. The first-order valence-corrected chi connectivity index (χ1v) is 9.28. The third kappa shape index (κ3) is 3.77. The number of carbonyl (C=O) groups is 1. The third-order valence-corrected chi connectivity index (χ3v) is 4.36. The molecule has 4 rings (SSSR count). The first kappa shape index (κ1) is 18.9. The van der Waals surface area contributed by atoms with Crippen molar-refractivity contribution in [3.05, 3.63) is 58.1 Å². The first-order chi connectivity index (χ1) is 13.9. The van der Waals surface area contributed by atoms with Crippen LogP contribution in [-0.2, 0) is 11.3 Å². The summed E-state index contributed by atoms with van der Waals surface area (Å²) >= 11 is 5.91. The second kappa shape index (κ2) is 7.51. The van der Waals surface area contributed by atoms with Gasteiger partial charge in [-0.3, -0.25) is 4.79 Å². The van der Waals surface area contributed by atoms with Crippen LogP contribution in [-0.4, -0.2) is 36.3 Å². The zero-order chi connectivity index (χ0) is 20.5. The Balaban J connectivity index is 1.72. The molecule has 3 aromatic heterocycles. The molecule has 0 aliphatic rings. The van der Waals surface area contributed by atoms with Crippen molar-refractivity contribution in [2.24, 2.45) is 0 Å². The lowest BCUT2D eigenvalue weighted by atomic mass is 10.2. The van der Waals surface area contributed by atoms with Crippen molar-refractivity contribution in [3.8, 4) is 22.8 Å². The van der Waals surface area contributed by atoms with Crippen LogP contribution in [0.2, 0.25) is 5.02 Å². The molecule has 29 heavy (non-hydrogen) atoms. The van der Waals surface area contributed by atoms with Crippen LogP contribution >= 0.6 is 11.6 Å². The second-order valence-corrected chi connectivity index (χ2v) is 7.14. The van der Waals surface area contributed by atoms with E-state index in [0.29, 0.717) is 22.1 Å². The van der Waals surface area contributed by atoms with Gasteiger partial charge in [0.05, 0.1) is 5.56 Å². The maximum Gasteiger partial charge on any atom is 0.350 e. The van der Waals surface area contributed by atoms with Gasteiger partial charge in [0.15, 0.2) is 5.65 Å². The minimum atomic E-state index is -0.432. The van der Waals surface area contributed by atoms with Gasteiger partial charge in [0.1, 0.15) is 6.54 Å². The highest BCUT2D eigenvalue weighted by Crippen LogP contribution is 2.25. The molecule has 0 aliphatic heterocycles. The minimum absolute atomic E-state index is 0.0320. The highest BCUT2D eigenvalue weighted by molar-refractivity contribution is 6.30. The monoisotopic (exact) mass is 412 g/mol. The van der Waals surface area contributed by atoms with E-state index in [2.05, 4.69) is 20.6 Å². The number of hydrogen-bond acceptors (Lipinski definition) is 6. The van der Waals surface area contributed by atoms with Crippen LogP contribution in [0.1, 0.15) is 13.8 Å². The van der Waals surface area contributed by atoms with E-state index >= 15 is 0 Å². The highest BCUT2D eigenvalue weighted by Gasteiger charge is 2.18. The zero-order valence-electron chi connectivity index (χ0n) is 15.7. The van der Waals surface area contributed by atoms with Gasteiger partial charge in [0.25, 0.3) is 5.89 Å². The Kier molecular flexibility index (Phi) is 4.89. The van der Waals surface area contributed by atoms with Crippen LogP contribution in [0.25, 0.3) is 28.5 Å². The van der Waals surface area contributed by atoms with Crippen molar-refractivity contribution >= 4 is 23.2 Å². The standard InChI is InChI=1S/C19H17ClN6O3/c1-11(2)21-15(27)10-26-19(28)25-9-3-4-14(17(25)23-26)18-22-16(24-29-18)12-5-7-13(20)8-6-12/h3-9,11H,10H2,1-2H3,(H,21,27). The number of fused-ring (bicyclic) bond motifs is 1. The molecule has 0 fully saturated rings. The summed E-state index contributed by atoms with van der Waals surface area (Å²) in [5, 5.41) is 11.6. The minimum Gasteiger partial charge on any atom is -0.352 e. The lowest BCUT2D eigenvalue weighted by Crippen LogP contribution is -2.36. The van der Waals surface area contributed by atoms with Crippen molar-refractivity contribution in [2.45, 2.75) is 26.4 Å². The molecule has 0 saturated heterocycles.